The van der Waals surface area contributed by atoms with E-state index in [9.17, 15) is 0 Å². The van der Waals surface area contributed by atoms with Gasteiger partial charge >= 0.3 is 0 Å². The van der Waals surface area contributed by atoms with Gasteiger partial charge in [-0.2, -0.15) is 0 Å². The van der Waals surface area contributed by atoms with E-state index in [0.29, 0.717) is 13.2 Å². The average molecular weight is 255 g/mol. The van der Waals surface area contributed by atoms with Gasteiger partial charge in [0.1, 0.15) is 5.60 Å². The highest BCUT2D eigenvalue weighted by molar-refractivity contribution is 6.30. The quantitative estimate of drug-likeness (QED) is 0.771. The number of benzene rings is 1. The third-order valence-corrected chi connectivity index (χ3v) is 3.57. The molecule has 0 atom stereocenters. The van der Waals surface area contributed by atoms with Crippen molar-refractivity contribution in [2.24, 2.45) is 0 Å². The fourth-order valence-corrected chi connectivity index (χ4v) is 2.47. The molecule has 92 valence electrons. The van der Waals surface area contributed by atoms with E-state index in [1.807, 2.05) is 24.3 Å². The van der Waals surface area contributed by atoms with E-state index >= 15 is 0 Å². The van der Waals surface area contributed by atoms with E-state index in [4.69, 9.17) is 25.8 Å². The van der Waals surface area contributed by atoms with Crippen LogP contribution in [0.3, 0.4) is 0 Å². The topological polar surface area (TPSA) is 27.7 Å². The molecule has 0 unspecified atom stereocenters. The first-order valence-electron chi connectivity index (χ1n) is 5.90. The third kappa shape index (κ3) is 2.33. The Hall–Kier alpha value is -0.610. The Morgan fingerprint density at radius 3 is 2.41 bits per heavy atom. The number of ether oxygens (including phenoxy) is 3. The van der Waals surface area contributed by atoms with E-state index in [-0.39, 0.29) is 11.9 Å². The van der Waals surface area contributed by atoms with Gasteiger partial charge < -0.3 is 14.2 Å². The molecule has 17 heavy (non-hydrogen) atoms. The minimum atomic E-state index is -0.290. The van der Waals surface area contributed by atoms with Gasteiger partial charge in [-0.25, -0.2) is 0 Å². The zero-order chi connectivity index (χ0) is 11.7. The summed E-state index contributed by atoms with van der Waals surface area (Å²) in [6.07, 6.45) is 1.83. The van der Waals surface area contributed by atoms with Crippen molar-refractivity contribution < 1.29 is 14.2 Å². The highest BCUT2D eigenvalue weighted by Gasteiger charge is 2.40. The Morgan fingerprint density at radius 1 is 1.12 bits per heavy atom. The van der Waals surface area contributed by atoms with Crippen LogP contribution in [0.1, 0.15) is 24.7 Å². The lowest BCUT2D eigenvalue weighted by Crippen LogP contribution is -2.44. The minimum absolute atomic E-state index is 0.192. The molecule has 3 rings (SSSR count). The second-order valence-electron chi connectivity index (χ2n) is 4.64. The van der Waals surface area contributed by atoms with E-state index in [1.165, 1.54) is 0 Å². The highest BCUT2D eigenvalue weighted by atomic mass is 35.5. The van der Waals surface area contributed by atoms with Crippen LogP contribution in [0, 0.1) is 0 Å². The highest BCUT2D eigenvalue weighted by Crippen LogP contribution is 2.35. The molecule has 3 nitrogen and oxygen atoms in total. The summed E-state index contributed by atoms with van der Waals surface area (Å²) in [6.45, 7) is 2.04. The first kappa shape index (κ1) is 11.5. The summed E-state index contributed by atoms with van der Waals surface area (Å²) in [7, 11) is 0. The fourth-order valence-electron chi connectivity index (χ4n) is 2.34. The molecular formula is C13H15ClO3. The molecule has 1 aromatic carbocycles. The standard InChI is InChI=1S/C13H15ClO3/c14-11-4-2-10(3-5-11)12-15-8-13(9-16-12)6-1-7-17-13/h2-5,12H,1,6-9H2. The van der Waals surface area contributed by atoms with Crippen molar-refractivity contribution in [1.82, 2.24) is 0 Å². The lowest BCUT2D eigenvalue weighted by atomic mass is 10.0. The summed E-state index contributed by atoms with van der Waals surface area (Å²) in [5.74, 6) is 0. The molecule has 2 aliphatic rings. The van der Waals surface area contributed by atoms with Crippen LogP contribution >= 0.6 is 11.6 Å². The van der Waals surface area contributed by atoms with Gasteiger partial charge in [-0.1, -0.05) is 23.7 Å². The normalized spacial score (nSPS) is 33.1. The smallest absolute Gasteiger partial charge is 0.184 e. The number of hydrogen-bond donors (Lipinski definition) is 0. The van der Waals surface area contributed by atoms with Crippen LogP contribution in [-0.4, -0.2) is 25.4 Å². The molecule has 0 radical (unpaired) electrons. The molecule has 0 N–H and O–H groups in total. The Bertz CT molecular complexity index is 374. The second kappa shape index (κ2) is 4.58. The van der Waals surface area contributed by atoms with Crippen LogP contribution in [0.2, 0.25) is 5.02 Å². The Balaban J connectivity index is 1.66. The van der Waals surface area contributed by atoms with Gasteiger partial charge in [0.15, 0.2) is 6.29 Å². The summed E-state index contributed by atoms with van der Waals surface area (Å²) in [6, 6.07) is 7.56. The van der Waals surface area contributed by atoms with Gasteiger partial charge in [0, 0.05) is 17.2 Å². The SMILES string of the molecule is Clc1ccc(C2OCC3(CCCO3)CO2)cc1. The Labute approximate surface area is 106 Å². The lowest BCUT2D eigenvalue weighted by Gasteiger charge is -2.36. The van der Waals surface area contributed by atoms with Crippen LogP contribution < -0.4 is 0 Å². The Morgan fingerprint density at radius 2 is 1.82 bits per heavy atom. The monoisotopic (exact) mass is 254 g/mol. The molecule has 0 aromatic heterocycles. The van der Waals surface area contributed by atoms with Crippen molar-refractivity contribution in [3.63, 3.8) is 0 Å². The summed E-state index contributed by atoms with van der Waals surface area (Å²) in [5.41, 5.74) is 0.811. The average Bonchev–Trinajstić information content (AvgIpc) is 2.80. The molecule has 0 saturated carbocycles. The molecule has 2 fully saturated rings. The van der Waals surface area contributed by atoms with E-state index in [1.54, 1.807) is 0 Å². The van der Waals surface area contributed by atoms with Crippen molar-refractivity contribution in [3.05, 3.63) is 34.9 Å². The van der Waals surface area contributed by atoms with Crippen LogP contribution in [0.15, 0.2) is 24.3 Å². The fraction of sp³-hybridized carbons (Fsp3) is 0.538. The molecule has 2 aliphatic heterocycles. The predicted molar refractivity (Wildman–Crippen MR) is 64.0 cm³/mol. The van der Waals surface area contributed by atoms with Crippen LogP contribution in [0.25, 0.3) is 0 Å². The summed E-state index contributed by atoms with van der Waals surface area (Å²) >= 11 is 5.85. The van der Waals surface area contributed by atoms with Crippen molar-refractivity contribution in [3.8, 4) is 0 Å². The molecule has 1 spiro atoms. The maximum Gasteiger partial charge on any atom is 0.184 e. The van der Waals surface area contributed by atoms with Gasteiger partial charge in [0.05, 0.1) is 13.2 Å². The van der Waals surface area contributed by atoms with Gasteiger partial charge in [-0.3, -0.25) is 0 Å². The molecule has 2 heterocycles. The molecule has 0 amide bonds. The largest absolute Gasteiger partial charge is 0.370 e. The van der Waals surface area contributed by atoms with Crippen molar-refractivity contribution in [2.75, 3.05) is 19.8 Å². The number of hydrogen-bond acceptors (Lipinski definition) is 3. The number of rotatable bonds is 1. The Kier molecular flexibility index (Phi) is 3.09. The zero-order valence-electron chi connectivity index (χ0n) is 9.52. The molecule has 0 bridgehead atoms. The second-order valence-corrected chi connectivity index (χ2v) is 5.08. The van der Waals surface area contributed by atoms with Gasteiger partial charge in [0.2, 0.25) is 0 Å². The van der Waals surface area contributed by atoms with Crippen molar-refractivity contribution in [1.29, 1.82) is 0 Å². The van der Waals surface area contributed by atoms with Crippen molar-refractivity contribution in [2.45, 2.75) is 24.7 Å². The van der Waals surface area contributed by atoms with E-state index < -0.39 is 0 Å². The van der Waals surface area contributed by atoms with E-state index in [0.717, 1.165) is 30.0 Å². The lowest BCUT2D eigenvalue weighted by molar-refractivity contribution is -0.258. The van der Waals surface area contributed by atoms with Gasteiger partial charge in [0.25, 0.3) is 0 Å². The summed E-state index contributed by atoms with van der Waals surface area (Å²) < 4.78 is 17.2. The van der Waals surface area contributed by atoms with Gasteiger partial charge in [-0.05, 0) is 25.0 Å². The van der Waals surface area contributed by atoms with Crippen molar-refractivity contribution >= 4 is 11.6 Å². The summed E-state index contributed by atoms with van der Waals surface area (Å²) in [4.78, 5) is 0. The zero-order valence-corrected chi connectivity index (χ0v) is 10.3. The van der Waals surface area contributed by atoms with Crippen LogP contribution in [-0.2, 0) is 14.2 Å². The first-order valence-corrected chi connectivity index (χ1v) is 6.28. The maximum absolute atomic E-state index is 5.85. The maximum atomic E-state index is 5.85. The van der Waals surface area contributed by atoms with E-state index in [2.05, 4.69) is 0 Å². The predicted octanol–water partition coefficient (Wildman–Crippen LogP) is 2.93. The first-order chi connectivity index (χ1) is 8.27. The molecular weight excluding hydrogens is 240 g/mol. The molecule has 2 saturated heterocycles. The molecule has 0 aliphatic carbocycles. The molecule has 1 aromatic rings. The minimum Gasteiger partial charge on any atom is -0.370 e. The van der Waals surface area contributed by atoms with Crippen LogP contribution in [0.4, 0.5) is 0 Å². The number of halogens is 1. The van der Waals surface area contributed by atoms with Crippen LogP contribution in [0.5, 0.6) is 0 Å². The third-order valence-electron chi connectivity index (χ3n) is 3.32. The summed E-state index contributed by atoms with van der Waals surface area (Å²) in [5, 5.41) is 0.722. The van der Waals surface area contributed by atoms with Gasteiger partial charge in [-0.15, -0.1) is 0 Å². The molecule has 4 heteroatoms.